The average Bonchev–Trinajstić information content (AvgIpc) is 3.23. The van der Waals surface area contributed by atoms with E-state index in [2.05, 4.69) is 206 Å². The molecule has 0 aromatic heterocycles. The Morgan fingerprint density at radius 3 is 1.72 bits per heavy atom. The zero-order valence-corrected chi connectivity index (χ0v) is 30.1. The highest BCUT2D eigenvalue weighted by molar-refractivity contribution is 6.25. The Kier molecular flexibility index (Phi) is 6.60. The van der Waals surface area contributed by atoms with E-state index < -0.39 is 0 Å². The van der Waals surface area contributed by atoms with Gasteiger partial charge in [-0.1, -0.05) is 147 Å². The molecule has 0 N–H and O–H groups in total. The predicted molar refractivity (Wildman–Crippen MR) is 226 cm³/mol. The minimum atomic E-state index is -0.240. The third kappa shape index (κ3) is 4.42. The molecular formula is C51H36N2O. The molecule has 0 spiro atoms. The lowest BCUT2D eigenvalue weighted by Gasteiger charge is -2.45. The van der Waals surface area contributed by atoms with Gasteiger partial charge in [0.15, 0.2) is 11.5 Å². The number of rotatable bonds is 4. The summed E-state index contributed by atoms with van der Waals surface area (Å²) < 4.78 is 7.11. The number of anilines is 6. The molecule has 0 amide bonds. The molecule has 0 saturated carbocycles. The van der Waals surface area contributed by atoms with Crippen molar-refractivity contribution in [1.29, 1.82) is 0 Å². The second-order valence-electron chi connectivity index (χ2n) is 14.9. The number of ether oxygens (including phenoxy) is 1. The van der Waals surface area contributed by atoms with Gasteiger partial charge >= 0.3 is 0 Å². The molecule has 0 fully saturated rings. The number of nitrogens with zero attached hydrogens (tertiary/aromatic N) is 2. The number of benzene rings is 9. The van der Waals surface area contributed by atoms with E-state index in [1.807, 2.05) is 0 Å². The summed E-state index contributed by atoms with van der Waals surface area (Å²) in [6, 6.07) is 65.9. The third-order valence-electron chi connectivity index (χ3n) is 11.6. The van der Waals surface area contributed by atoms with Crippen molar-refractivity contribution in [2.45, 2.75) is 19.3 Å². The van der Waals surface area contributed by atoms with Crippen LogP contribution in [0.3, 0.4) is 0 Å². The minimum absolute atomic E-state index is 0.240. The number of fused-ring (bicyclic) bond motifs is 10. The maximum Gasteiger partial charge on any atom is 0.175 e. The van der Waals surface area contributed by atoms with E-state index in [-0.39, 0.29) is 5.41 Å². The highest BCUT2D eigenvalue weighted by Crippen LogP contribution is 2.62. The Hall–Kier alpha value is -6.84. The largest absolute Gasteiger partial charge is 0.451 e. The molecule has 54 heavy (non-hydrogen) atoms. The van der Waals surface area contributed by atoms with Crippen LogP contribution in [0, 0.1) is 0 Å². The standard InChI is InChI=1S/C51H36N2O/c1-51(2)43-20-10-11-21-45(43)53-46-22-12-13-23-48(46)54-50-47(31-30-44(51)49(50)53)52(35-26-24-34(25-27-35)33-14-4-3-5-15-33)36-28-29-41-39-18-7-6-16-37(39)38-17-8-9-19-40(38)42(41)32-36/h3-32H,1-2H3. The average molecular weight is 693 g/mol. The summed E-state index contributed by atoms with van der Waals surface area (Å²) in [5, 5.41) is 7.51. The molecule has 0 aliphatic carbocycles. The van der Waals surface area contributed by atoms with Crippen molar-refractivity contribution in [3.63, 3.8) is 0 Å². The first-order valence-electron chi connectivity index (χ1n) is 18.7. The van der Waals surface area contributed by atoms with Crippen LogP contribution in [0.4, 0.5) is 34.1 Å². The Morgan fingerprint density at radius 2 is 1.00 bits per heavy atom. The topological polar surface area (TPSA) is 15.7 Å². The Balaban J connectivity index is 1.19. The zero-order valence-electron chi connectivity index (χ0n) is 30.1. The molecule has 11 rings (SSSR count). The summed E-state index contributed by atoms with van der Waals surface area (Å²) >= 11 is 0. The normalized spacial score (nSPS) is 13.6. The van der Waals surface area contributed by atoms with Crippen molar-refractivity contribution < 1.29 is 4.74 Å². The minimum Gasteiger partial charge on any atom is -0.451 e. The summed E-state index contributed by atoms with van der Waals surface area (Å²) in [4.78, 5) is 4.80. The van der Waals surface area contributed by atoms with Crippen LogP contribution in [0.5, 0.6) is 11.5 Å². The highest BCUT2D eigenvalue weighted by atomic mass is 16.5. The van der Waals surface area contributed by atoms with Crippen LogP contribution in [0.25, 0.3) is 43.4 Å². The van der Waals surface area contributed by atoms with Crippen molar-refractivity contribution in [3.05, 3.63) is 193 Å². The van der Waals surface area contributed by atoms with Gasteiger partial charge in [0.2, 0.25) is 0 Å². The van der Waals surface area contributed by atoms with Gasteiger partial charge in [0.05, 0.1) is 22.7 Å². The molecule has 3 nitrogen and oxygen atoms in total. The number of hydrogen-bond acceptors (Lipinski definition) is 3. The van der Waals surface area contributed by atoms with E-state index in [4.69, 9.17) is 4.74 Å². The first kappa shape index (κ1) is 30.8. The molecule has 9 aromatic rings. The Bertz CT molecular complexity index is 2910. The van der Waals surface area contributed by atoms with Gasteiger partial charge in [-0.3, -0.25) is 0 Å². The maximum atomic E-state index is 7.11. The Morgan fingerprint density at radius 1 is 0.444 bits per heavy atom. The SMILES string of the molecule is CC1(C)c2ccccc2N2c3ccccc3Oc3c(N(c4ccc(-c5ccccc5)cc4)c4ccc5c6ccccc6c6ccccc6c5c4)ccc1c32. The fraction of sp³-hybridized carbons (Fsp3) is 0.0588. The van der Waals surface area contributed by atoms with E-state index in [9.17, 15) is 0 Å². The fourth-order valence-corrected chi connectivity index (χ4v) is 9.01. The van der Waals surface area contributed by atoms with Gasteiger partial charge in [0, 0.05) is 16.8 Å². The van der Waals surface area contributed by atoms with Crippen molar-refractivity contribution >= 4 is 66.4 Å². The molecule has 2 aliphatic heterocycles. The lowest BCUT2D eigenvalue weighted by Crippen LogP contribution is -2.32. The smallest absolute Gasteiger partial charge is 0.175 e. The first-order valence-corrected chi connectivity index (χ1v) is 18.7. The second kappa shape index (κ2) is 11.6. The molecule has 0 unspecified atom stereocenters. The summed E-state index contributed by atoms with van der Waals surface area (Å²) in [5.41, 5.74) is 11.1. The van der Waals surface area contributed by atoms with E-state index in [1.165, 1.54) is 60.3 Å². The van der Waals surface area contributed by atoms with Gasteiger partial charge in [-0.05, 0) is 103 Å². The van der Waals surface area contributed by atoms with Crippen LogP contribution < -0.4 is 14.5 Å². The monoisotopic (exact) mass is 692 g/mol. The van der Waals surface area contributed by atoms with Gasteiger partial charge in [-0.15, -0.1) is 0 Å². The fourth-order valence-electron chi connectivity index (χ4n) is 9.01. The molecule has 9 aromatic carbocycles. The summed E-state index contributed by atoms with van der Waals surface area (Å²) in [6.07, 6.45) is 0. The van der Waals surface area contributed by atoms with Crippen LogP contribution in [-0.2, 0) is 5.41 Å². The van der Waals surface area contributed by atoms with E-state index in [0.29, 0.717) is 0 Å². The summed E-state index contributed by atoms with van der Waals surface area (Å²) in [6.45, 7) is 4.66. The van der Waals surface area contributed by atoms with Gasteiger partial charge < -0.3 is 14.5 Å². The van der Waals surface area contributed by atoms with Gasteiger partial charge in [-0.25, -0.2) is 0 Å². The molecule has 2 heterocycles. The van der Waals surface area contributed by atoms with Crippen LogP contribution >= 0.6 is 0 Å². The highest BCUT2D eigenvalue weighted by Gasteiger charge is 2.43. The Labute approximate surface area is 314 Å². The lowest BCUT2D eigenvalue weighted by molar-refractivity contribution is 0.472. The van der Waals surface area contributed by atoms with Crippen LogP contribution in [0.2, 0.25) is 0 Å². The van der Waals surface area contributed by atoms with Crippen molar-refractivity contribution in [1.82, 2.24) is 0 Å². The van der Waals surface area contributed by atoms with E-state index in [0.717, 1.165) is 39.9 Å². The molecule has 256 valence electrons. The van der Waals surface area contributed by atoms with Crippen molar-refractivity contribution in [2.75, 3.05) is 9.80 Å². The van der Waals surface area contributed by atoms with Crippen molar-refractivity contribution in [2.24, 2.45) is 0 Å². The van der Waals surface area contributed by atoms with Crippen LogP contribution in [0.1, 0.15) is 25.0 Å². The molecule has 0 radical (unpaired) electrons. The lowest BCUT2D eigenvalue weighted by atomic mass is 9.73. The molecule has 2 aliphatic rings. The molecule has 0 atom stereocenters. The van der Waals surface area contributed by atoms with Crippen LogP contribution in [-0.4, -0.2) is 0 Å². The summed E-state index contributed by atoms with van der Waals surface area (Å²) in [7, 11) is 0. The molecule has 3 heteroatoms. The van der Waals surface area contributed by atoms with E-state index in [1.54, 1.807) is 0 Å². The van der Waals surface area contributed by atoms with Gasteiger partial charge in [0.25, 0.3) is 0 Å². The second-order valence-corrected chi connectivity index (χ2v) is 14.9. The van der Waals surface area contributed by atoms with E-state index >= 15 is 0 Å². The molecule has 0 saturated heterocycles. The third-order valence-corrected chi connectivity index (χ3v) is 11.6. The van der Waals surface area contributed by atoms with Gasteiger partial charge in [-0.2, -0.15) is 0 Å². The zero-order chi connectivity index (χ0) is 36.0. The first-order chi connectivity index (χ1) is 26.6. The number of para-hydroxylation sites is 3. The number of hydrogen-bond donors (Lipinski definition) is 0. The maximum absolute atomic E-state index is 7.11. The quantitative estimate of drug-likeness (QED) is 0.171. The van der Waals surface area contributed by atoms with Gasteiger partial charge in [0.1, 0.15) is 0 Å². The van der Waals surface area contributed by atoms with Crippen molar-refractivity contribution in [3.8, 4) is 22.6 Å². The summed E-state index contributed by atoms with van der Waals surface area (Å²) in [5.74, 6) is 1.69. The predicted octanol–water partition coefficient (Wildman–Crippen LogP) is 14.5. The molecular weight excluding hydrogens is 657 g/mol. The molecule has 0 bridgehead atoms. The van der Waals surface area contributed by atoms with Crippen LogP contribution in [0.15, 0.2) is 182 Å².